The number of hydrogen-bond donors (Lipinski definition) is 1. The van der Waals surface area contributed by atoms with Gasteiger partial charge in [0.15, 0.2) is 0 Å². The summed E-state index contributed by atoms with van der Waals surface area (Å²) in [7, 11) is 2.02. The zero-order valence-corrected chi connectivity index (χ0v) is 12.0. The minimum atomic E-state index is 0.334. The number of benzene rings is 1. The lowest BCUT2D eigenvalue weighted by Crippen LogP contribution is -2.19. The molecule has 0 bridgehead atoms. The van der Waals surface area contributed by atoms with Crippen molar-refractivity contribution in [2.24, 2.45) is 0 Å². The molecule has 0 saturated heterocycles. The quantitative estimate of drug-likeness (QED) is 0.889. The van der Waals surface area contributed by atoms with Crippen molar-refractivity contribution in [3.63, 3.8) is 0 Å². The normalized spacial score (nSPS) is 16.6. The molecule has 0 aliphatic heterocycles. The summed E-state index contributed by atoms with van der Waals surface area (Å²) < 4.78 is 0. The molecule has 2 heteroatoms. The summed E-state index contributed by atoms with van der Waals surface area (Å²) >= 11 is 0. The summed E-state index contributed by atoms with van der Waals surface area (Å²) in [6, 6.07) is 15.6. The van der Waals surface area contributed by atoms with Crippen LogP contribution in [0.3, 0.4) is 0 Å². The summed E-state index contributed by atoms with van der Waals surface area (Å²) in [4.78, 5) is 4.42. The van der Waals surface area contributed by atoms with Gasteiger partial charge in [-0.3, -0.25) is 4.98 Å². The molecule has 0 amide bonds. The van der Waals surface area contributed by atoms with E-state index in [0.29, 0.717) is 6.04 Å². The van der Waals surface area contributed by atoms with Crippen molar-refractivity contribution in [1.29, 1.82) is 0 Å². The molecule has 1 fully saturated rings. The predicted molar refractivity (Wildman–Crippen MR) is 82.8 cm³/mol. The molecule has 1 N–H and O–H groups in total. The van der Waals surface area contributed by atoms with Gasteiger partial charge in [-0.25, -0.2) is 0 Å². The zero-order chi connectivity index (χ0) is 13.8. The lowest BCUT2D eigenvalue weighted by molar-refractivity contribution is 0.419. The Morgan fingerprint density at radius 2 is 1.95 bits per heavy atom. The van der Waals surface area contributed by atoms with Gasteiger partial charge in [-0.15, -0.1) is 0 Å². The van der Waals surface area contributed by atoms with Gasteiger partial charge in [0.25, 0.3) is 0 Å². The lowest BCUT2D eigenvalue weighted by Gasteiger charge is -2.26. The Morgan fingerprint density at radius 1 is 1.15 bits per heavy atom. The number of nitrogens with one attached hydrogen (secondary N) is 1. The van der Waals surface area contributed by atoms with E-state index < -0.39 is 0 Å². The largest absolute Gasteiger partial charge is 0.313 e. The van der Waals surface area contributed by atoms with E-state index in [2.05, 4.69) is 46.7 Å². The van der Waals surface area contributed by atoms with Gasteiger partial charge in [0, 0.05) is 24.4 Å². The second kappa shape index (κ2) is 6.19. The summed E-state index contributed by atoms with van der Waals surface area (Å²) in [6.45, 7) is 0. The molecule has 1 saturated carbocycles. The Morgan fingerprint density at radius 3 is 2.50 bits per heavy atom. The Labute approximate surface area is 121 Å². The number of likely N-dealkylation sites (N-methyl/N-ethyl adjacent to an activating group) is 1. The summed E-state index contributed by atoms with van der Waals surface area (Å²) in [6.07, 6.45) is 6.92. The van der Waals surface area contributed by atoms with Gasteiger partial charge in [-0.05, 0) is 49.1 Å². The fraction of sp³-hybridized carbons (Fsp3) is 0.389. The van der Waals surface area contributed by atoms with Gasteiger partial charge in [-0.1, -0.05) is 36.8 Å². The Kier molecular flexibility index (Phi) is 4.12. The van der Waals surface area contributed by atoms with E-state index in [1.165, 1.54) is 30.4 Å². The third kappa shape index (κ3) is 2.91. The molecule has 0 spiro atoms. The first kappa shape index (κ1) is 13.3. The molecule has 1 heterocycles. The topological polar surface area (TPSA) is 24.9 Å². The molecule has 3 rings (SSSR count). The molecule has 1 aliphatic carbocycles. The van der Waals surface area contributed by atoms with Crippen LogP contribution in [0.15, 0.2) is 48.7 Å². The third-order valence-corrected chi connectivity index (χ3v) is 4.40. The van der Waals surface area contributed by atoms with Crippen molar-refractivity contribution in [3.8, 4) is 0 Å². The number of nitrogens with zero attached hydrogens (tertiary/aromatic N) is 1. The average Bonchev–Trinajstić information content (AvgIpc) is 2.45. The summed E-state index contributed by atoms with van der Waals surface area (Å²) in [5.41, 5.74) is 3.99. The molecule has 20 heavy (non-hydrogen) atoms. The van der Waals surface area contributed by atoms with Gasteiger partial charge >= 0.3 is 0 Å². The third-order valence-electron chi connectivity index (χ3n) is 4.40. The Bertz CT molecular complexity index is 529. The van der Waals surface area contributed by atoms with Gasteiger partial charge in [0.2, 0.25) is 0 Å². The van der Waals surface area contributed by atoms with E-state index in [9.17, 15) is 0 Å². The van der Waals surface area contributed by atoms with E-state index >= 15 is 0 Å². The first-order valence-electron chi connectivity index (χ1n) is 7.54. The molecule has 2 nitrogen and oxygen atoms in total. The SMILES string of the molecule is CNC(Cc1ccccn1)c1ccc(C2CCC2)cc1. The molecule has 1 aliphatic rings. The highest BCUT2D eigenvalue weighted by molar-refractivity contribution is 5.29. The molecule has 1 aromatic carbocycles. The van der Waals surface area contributed by atoms with Crippen molar-refractivity contribution < 1.29 is 0 Å². The minimum absolute atomic E-state index is 0.334. The predicted octanol–water partition coefficient (Wildman–Crippen LogP) is 3.85. The van der Waals surface area contributed by atoms with Crippen LogP contribution in [-0.2, 0) is 6.42 Å². The summed E-state index contributed by atoms with van der Waals surface area (Å²) in [5.74, 6) is 0.813. The molecule has 0 radical (unpaired) electrons. The van der Waals surface area contributed by atoms with E-state index in [4.69, 9.17) is 0 Å². The monoisotopic (exact) mass is 266 g/mol. The fourth-order valence-corrected chi connectivity index (χ4v) is 2.86. The zero-order valence-electron chi connectivity index (χ0n) is 12.0. The first-order chi connectivity index (χ1) is 9.86. The second-order valence-corrected chi connectivity index (χ2v) is 5.66. The van der Waals surface area contributed by atoms with Crippen molar-refractivity contribution in [2.45, 2.75) is 37.6 Å². The molecule has 1 aromatic heterocycles. The Hall–Kier alpha value is -1.67. The van der Waals surface area contributed by atoms with Crippen molar-refractivity contribution in [2.75, 3.05) is 7.05 Å². The van der Waals surface area contributed by atoms with Crippen LogP contribution in [0, 0.1) is 0 Å². The maximum Gasteiger partial charge on any atom is 0.0422 e. The fourth-order valence-electron chi connectivity index (χ4n) is 2.86. The highest BCUT2D eigenvalue weighted by atomic mass is 14.9. The highest BCUT2D eigenvalue weighted by Gasteiger charge is 2.19. The number of aromatic nitrogens is 1. The van der Waals surface area contributed by atoms with Gasteiger partial charge in [0.05, 0.1) is 0 Å². The van der Waals surface area contributed by atoms with Crippen molar-refractivity contribution in [1.82, 2.24) is 10.3 Å². The molecule has 1 atom stereocenters. The van der Waals surface area contributed by atoms with Crippen LogP contribution in [0.5, 0.6) is 0 Å². The number of pyridine rings is 1. The van der Waals surface area contributed by atoms with Gasteiger partial charge in [0.1, 0.15) is 0 Å². The number of hydrogen-bond acceptors (Lipinski definition) is 2. The van der Waals surface area contributed by atoms with Gasteiger partial charge in [-0.2, -0.15) is 0 Å². The standard InChI is InChI=1S/C18H22N2/c1-19-18(13-17-7-2-3-12-20-17)16-10-8-15(9-11-16)14-5-4-6-14/h2-3,7-12,14,18-19H,4-6,13H2,1H3. The lowest BCUT2D eigenvalue weighted by atomic mass is 9.80. The highest BCUT2D eigenvalue weighted by Crippen LogP contribution is 2.36. The second-order valence-electron chi connectivity index (χ2n) is 5.66. The van der Waals surface area contributed by atoms with E-state index in [1.807, 2.05) is 19.3 Å². The Balaban J connectivity index is 1.72. The maximum atomic E-state index is 4.42. The molecule has 2 aromatic rings. The van der Waals surface area contributed by atoms with Crippen LogP contribution >= 0.6 is 0 Å². The van der Waals surface area contributed by atoms with Crippen LogP contribution in [0.25, 0.3) is 0 Å². The van der Waals surface area contributed by atoms with E-state index in [0.717, 1.165) is 18.0 Å². The first-order valence-corrected chi connectivity index (χ1v) is 7.54. The van der Waals surface area contributed by atoms with E-state index in [-0.39, 0.29) is 0 Å². The smallest absolute Gasteiger partial charge is 0.0422 e. The summed E-state index contributed by atoms with van der Waals surface area (Å²) in [5, 5.41) is 3.40. The van der Waals surface area contributed by atoms with Crippen LogP contribution in [0.1, 0.15) is 48.0 Å². The van der Waals surface area contributed by atoms with Crippen LogP contribution in [-0.4, -0.2) is 12.0 Å². The maximum absolute atomic E-state index is 4.42. The number of rotatable bonds is 5. The minimum Gasteiger partial charge on any atom is -0.313 e. The molecule has 1 unspecified atom stereocenters. The molecular formula is C18H22N2. The average molecular weight is 266 g/mol. The van der Waals surface area contributed by atoms with Crippen LogP contribution in [0.2, 0.25) is 0 Å². The molecule has 104 valence electrons. The van der Waals surface area contributed by atoms with E-state index in [1.54, 1.807) is 0 Å². The van der Waals surface area contributed by atoms with Crippen molar-refractivity contribution >= 4 is 0 Å². The van der Waals surface area contributed by atoms with Crippen LogP contribution in [0.4, 0.5) is 0 Å². The van der Waals surface area contributed by atoms with Gasteiger partial charge < -0.3 is 5.32 Å². The van der Waals surface area contributed by atoms with Crippen molar-refractivity contribution in [3.05, 3.63) is 65.5 Å². The molecular weight excluding hydrogens is 244 g/mol. The van der Waals surface area contributed by atoms with Crippen LogP contribution < -0.4 is 5.32 Å².